The number of rotatable bonds is 1. The SMILES string of the molecule is Cn1nc(Br)c2cccc(-c3cnoc3N)c21. The van der Waals surface area contributed by atoms with E-state index in [0.29, 0.717) is 5.88 Å². The summed E-state index contributed by atoms with van der Waals surface area (Å²) < 4.78 is 7.52. The third kappa shape index (κ3) is 1.44. The standard InChI is InChI=1S/C11H9BrN4O/c1-16-9-6(8-5-14-17-11(8)13)3-2-4-7(9)10(12)15-16/h2-5H,13H2,1H3. The minimum atomic E-state index is 0.315. The highest BCUT2D eigenvalue weighted by Crippen LogP contribution is 2.34. The van der Waals surface area contributed by atoms with Crippen LogP contribution < -0.4 is 5.73 Å². The molecule has 0 aliphatic carbocycles. The van der Waals surface area contributed by atoms with Crippen molar-refractivity contribution in [3.05, 3.63) is 29.0 Å². The topological polar surface area (TPSA) is 69.9 Å². The van der Waals surface area contributed by atoms with Gasteiger partial charge in [-0.25, -0.2) is 0 Å². The lowest BCUT2D eigenvalue weighted by molar-refractivity contribution is 0.436. The molecule has 3 rings (SSSR count). The van der Waals surface area contributed by atoms with Crippen molar-refractivity contribution in [2.45, 2.75) is 0 Å². The van der Waals surface area contributed by atoms with Gasteiger partial charge in [0.15, 0.2) is 0 Å². The molecular weight excluding hydrogens is 284 g/mol. The molecule has 2 aromatic heterocycles. The third-order valence-electron chi connectivity index (χ3n) is 2.71. The van der Waals surface area contributed by atoms with Gasteiger partial charge in [-0.2, -0.15) is 5.10 Å². The molecule has 0 saturated carbocycles. The average molecular weight is 293 g/mol. The van der Waals surface area contributed by atoms with Gasteiger partial charge in [-0.1, -0.05) is 17.3 Å². The molecule has 5 nitrogen and oxygen atoms in total. The van der Waals surface area contributed by atoms with Crippen molar-refractivity contribution < 1.29 is 4.52 Å². The van der Waals surface area contributed by atoms with Gasteiger partial charge in [0.05, 0.1) is 17.3 Å². The summed E-state index contributed by atoms with van der Waals surface area (Å²) in [6.45, 7) is 0. The van der Waals surface area contributed by atoms with Gasteiger partial charge in [-0.15, -0.1) is 0 Å². The van der Waals surface area contributed by atoms with Crippen LogP contribution in [0.5, 0.6) is 0 Å². The van der Waals surface area contributed by atoms with Gasteiger partial charge >= 0.3 is 0 Å². The van der Waals surface area contributed by atoms with Crippen LogP contribution >= 0.6 is 15.9 Å². The number of fused-ring (bicyclic) bond motifs is 1. The van der Waals surface area contributed by atoms with Crippen LogP contribution in [0.2, 0.25) is 0 Å². The fraction of sp³-hybridized carbons (Fsp3) is 0.0909. The van der Waals surface area contributed by atoms with Gasteiger partial charge in [0.2, 0.25) is 5.88 Å². The molecule has 0 unspecified atom stereocenters. The molecular formula is C11H9BrN4O. The third-order valence-corrected chi connectivity index (χ3v) is 3.29. The van der Waals surface area contributed by atoms with E-state index >= 15 is 0 Å². The number of halogens is 1. The second kappa shape index (κ2) is 3.59. The van der Waals surface area contributed by atoms with E-state index < -0.39 is 0 Å². The molecule has 17 heavy (non-hydrogen) atoms. The number of nitrogens with zero attached hydrogens (tertiary/aromatic N) is 3. The Morgan fingerprint density at radius 1 is 1.35 bits per heavy atom. The van der Waals surface area contributed by atoms with Gasteiger partial charge in [0, 0.05) is 18.0 Å². The molecule has 0 radical (unpaired) electrons. The summed E-state index contributed by atoms with van der Waals surface area (Å²) in [6, 6.07) is 5.93. The fourth-order valence-corrected chi connectivity index (χ4v) is 2.52. The first-order chi connectivity index (χ1) is 8.18. The van der Waals surface area contributed by atoms with Gasteiger partial charge in [0.1, 0.15) is 4.60 Å². The molecule has 0 fully saturated rings. The summed E-state index contributed by atoms with van der Waals surface area (Å²) in [7, 11) is 1.89. The second-order valence-corrected chi connectivity index (χ2v) is 4.47. The summed E-state index contributed by atoms with van der Waals surface area (Å²) in [4.78, 5) is 0. The number of para-hydroxylation sites is 1. The van der Waals surface area contributed by atoms with E-state index in [9.17, 15) is 0 Å². The predicted octanol–water partition coefficient (Wildman–Crippen LogP) is 2.57. The van der Waals surface area contributed by atoms with Gasteiger partial charge in [0.25, 0.3) is 0 Å². The monoisotopic (exact) mass is 292 g/mol. The van der Waals surface area contributed by atoms with Crippen LogP contribution in [-0.4, -0.2) is 14.9 Å². The number of hydrogen-bond acceptors (Lipinski definition) is 4. The molecule has 0 amide bonds. The first-order valence-electron chi connectivity index (χ1n) is 5.00. The fourth-order valence-electron chi connectivity index (χ4n) is 1.96. The summed E-state index contributed by atoms with van der Waals surface area (Å²) >= 11 is 3.43. The summed E-state index contributed by atoms with van der Waals surface area (Å²) in [5.74, 6) is 0.315. The van der Waals surface area contributed by atoms with Crippen molar-refractivity contribution in [1.82, 2.24) is 14.9 Å². The zero-order valence-corrected chi connectivity index (χ0v) is 10.6. The maximum absolute atomic E-state index is 5.75. The van der Waals surface area contributed by atoms with Crippen molar-refractivity contribution in [2.75, 3.05) is 5.73 Å². The lowest BCUT2D eigenvalue weighted by Crippen LogP contribution is -1.92. The largest absolute Gasteiger partial charge is 0.367 e. The molecule has 2 N–H and O–H groups in total. The Balaban J connectivity index is 2.42. The van der Waals surface area contributed by atoms with Crippen molar-refractivity contribution in [1.29, 1.82) is 0 Å². The van der Waals surface area contributed by atoms with Crippen molar-refractivity contribution in [3.63, 3.8) is 0 Å². The Labute approximate surface area is 105 Å². The Morgan fingerprint density at radius 3 is 2.88 bits per heavy atom. The molecule has 0 aliphatic rings. The molecule has 0 saturated heterocycles. The number of hydrogen-bond donors (Lipinski definition) is 1. The minimum absolute atomic E-state index is 0.315. The number of aromatic nitrogens is 3. The van der Waals surface area contributed by atoms with E-state index in [1.54, 1.807) is 10.9 Å². The summed E-state index contributed by atoms with van der Waals surface area (Å²) in [6.07, 6.45) is 1.62. The van der Waals surface area contributed by atoms with Crippen LogP contribution in [0.1, 0.15) is 0 Å². The van der Waals surface area contributed by atoms with Crippen LogP contribution in [0.4, 0.5) is 5.88 Å². The molecule has 0 spiro atoms. The molecule has 6 heteroatoms. The smallest absolute Gasteiger partial charge is 0.230 e. The normalized spacial score (nSPS) is 11.2. The highest BCUT2D eigenvalue weighted by Gasteiger charge is 2.15. The van der Waals surface area contributed by atoms with Crippen LogP contribution in [-0.2, 0) is 7.05 Å². The number of anilines is 1. The summed E-state index contributed by atoms with van der Waals surface area (Å²) in [5, 5.41) is 9.06. The van der Waals surface area contributed by atoms with E-state index in [0.717, 1.165) is 26.6 Å². The maximum atomic E-state index is 5.75. The Bertz CT molecular complexity index is 701. The summed E-state index contributed by atoms with van der Waals surface area (Å²) in [5.41, 5.74) is 8.49. The van der Waals surface area contributed by atoms with E-state index in [1.807, 2.05) is 25.2 Å². The molecule has 86 valence electrons. The van der Waals surface area contributed by atoms with Crippen LogP contribution in [0.15, 0.2) is 33.5 Å². The zero-order valence-electron chi connectivity index (χ0n) is 9.01. The second-order valence-electron chi connectivity index (χ2n) is 3.72. The Hall–Kier alpha value is -1.82. The first-order valence-corrected chi connectivity index (χ1v) is 5.79. The van der Waals surface area contributed by atoms with Crippen LogP contribution in [0.25, 0.3) is 22.0 Å². The van der Waals surface area contributed by atoms with E-state index in [4.69, 9.17) is 10.3 Å². The number of nitrogen functional groups attached to an aromatic ring is 1. The van der Waals surface area contributed by atoms with Crippen LogP contribution in [0.3, 0.4) is 0 Å². The van der Waals surface area contributed by atoms with Gasteiger partial charge in [-0.3, -0.25) is 4.68 Å². The first kappa shape index (κ1) is 10.3. The lowest BCUT2D eigenvalue weighted by Gasteiger charge is -2.02. The van der Waals surface area contributed by atoms with E-state index in [2.05, 4.69) is 26.2 Å². The Morgan fingerprint density at radius 2 is 2.18 bits per heavy atom. The maximum Gasteiger partial charge on any atom is 0.230 e. The van der Waals surface area contributed by atoms with Crippen molar-refractivity contribution in [2.24, 2.45) is 7.05 Å². The Kier molecular flexibility index (Phi) is 2.19. The van der Waals surface area contributed by atoms with Crippen molar-refractivity contribution in [3.8, 4) is 11.1 Å². The van der Waals surface area contributed by atoms with Crippen LogP contribution in [0, 0.1) is 0 Å². The molecule has 2 heterocycles. The molecule has 0 bridgehead atoms. The number of aryl methyl sites for hydroxylation is 1. The zero-order chi connectivity index (χ0) is 12.0. The number of benzene rings is 1. The van der Waals surface area contributed by atoms with Gasteiger partial charge in [-0.05, 0) is 22.0 Å². The number of nitrogens with two attached hydrogens (primary N) is 1. The molecule has 3 aromatic rings. The molecule has 0 atom stereocenters. The minimum Gasteiger partial charge on any atom is -0.367 e. The highest BCUT2D eigenvalue weighted by molar-refractivity contribution is 9.10. The average Bonchev–Trinajstić information content (AvgIpc) is 2.85. The quantitative estimate of drug-likeness (QED) is 0.748. The van der Waals surface area contributed by atoms with E-state index in [-0.39, 0.29) is 0 Å². The van der Waals surface area contributed by atoms with Gasteiger partial charge < -0.3 is 10.3 Å². The molecule has 1 aromatic carbocycles. The van der Waals surface area contributed by atoms with E-state index in [1.165, 1.54) is 0 Å². The predicted molar refractivity (Wildman–Crippen MR) is 68.3 cm³/mol. The molecule has 0 aliphatic heterocycles. The lowest BCUT2D eigenvalue weighted by atomic mass is 10.1. The van der Waals surface area contributed by atoms with Crippen molar-refractivity contribution >= 4 is 32.7 Å². The highest BCUT2D eigenvalue weighted by atomic mass is 79.9.